The van der Waals surface area contributed by atoms with Crippen LogP contribution in [-0.4, -0.2) is 19.4 Å². The van der Waals surface area contributed by atoms with Gasteiger partial charge in [-0.1, -0.05) is 6.07 Å². The first-order chi connectivity index (χ1) is 8.33. The molecule has 0 radical (unpaired) electrons. The highest BCUT2D eigenvalue weighted by Crippen LogP contribution is 2.24. The van der Waals surface area contributed by atoms with Gasteiger partial charge in [0.2, 0.25) is 0 Å². The number of pyridine rings is 1. The maximum Gasteiger partial charge on any atom is 0.195 e. The zero-order chi connectivity index (χ0) is 11.7. The third kappa shape index (κ3) is 2.18. The van der Waals surface area contributed by atoms with E-state index in [1.54, 1.807) is 12.4 Å². The average Bonchev–Trinajstić information content (AvgIpc) is 2.76. The molecule has 0 atom stereocenters. The standard InChI is InChI=1S/C11H7BrN4S/c12-8-5-13-10(14-6-8)17-11-15-7-9-3-1-2-4-16(9)11/h1-7H. The van der Waals surface area contributed by atoms with E-state index >= 15 is 0 Å². The molecule has 0 aliphatic heterocycles. The van der Waals surface area contributed by atoms with Crippen LogP contribution in [0.4, 0.5) is 0 Å². The number of halogens is 1. The Kier molecular flexibility index (Phi) is 2.82. The van der Waals surface area contributed by atoms with Gasteiger partial charge in [0.1, 0.15) is 0 Å². The third-order valence-electron chi connectivity index (χ3n) is 2.18. The number of fused-ring (bicyclic) bond motifs is 1. The van der Waals surface area contributed by atoms with E-state index in [2.05, 4.69) is 30.9 Å². The third-order valence-corrected chi connectivity index (χ3v) is 3.47. The van der Waals surface area contributed by atoms with Crippen molar-refractivity contribution in [2.45, 2.75) is 10.3 Å². The second kappa shape index (κ2) is 4.46. The lowest BCUT2D eigenvalue weighted by molar-refractivity contribution is 0.918. The monoisotopic (exact) mass is 306 g/mol. The Morgan fingerprint density at radius 3 is 2.71 bits per heavy atom. The van der Waals surface area contributed by atoms with Crippen molar-refractivity contribution in [3.8, 4) is 0 Å². The van der Waals surface area contributed by atoms with E-state index in [1.165, 1.54) is 11.8 Å². The second-order valence-corrected chi connectivity index (χ2v) is 5.17. The van der Waals surface area contributed by atoms with Crippen molar-refractivity contribution >= 4 is 33.2 Å². The summed E-state index contributed by atoms with van der Waals surface area (Å²) >= 11 is 4.75. The molecule has 0 aliphatic carbocycles. The topological polar surface area (TPSA) is 43.1 Å². The SMILES string of the molecule is Brc1cnc(Sc2ncc3ccccn23)nc1. The van der Waals surface area contributed by atoms with Crippen LogP contribution in [0.15, 0.2) is 57.8 Å². The summed E-state index contributed by atoms with van der Waals surface area (Å²) in [6.07, 6.45) is 7.26. The Labute approximate surface area is 110 Å². The van der Waals surface area contributed by atoms with E-state index in [-0.39, 0.29) is 0 Å². The van der Waals surface area contributed by atoms with Gasteiger partial charge in [-0.05, 0) is 39.8 Å². The van der Waals surface area contributed by atoms with Crippen molar-refractivity contribution in [2.24, 2.45) is 0 Å². The first-order valence-electron chi connectivity index (χ1n) is 4.90. The van der Waals surface area contributed by atoms with Crippen LogP contribution in [0.2, 0.25) is 0 Å². The van der Waals surface area contributed by atoms with Crippen LogP contribution >= 0.6 is 27.7 Å². The van der Waals surface area contributed by atoms with Gasteiger partial charge in [0.05, 0.1) is 16.2 Å². The molecule has 3 heterocycles. The molecule has 0 saturated heterocycles. The molecule has 0 spiro atoms. The smallest absolute Gasteiger partial charge is 0.195 e. The summed E-state index contributed by atoms with van der Waals surface area (Å²) in [7, 11) is 0. The number of hydrogen-bond acceptors (Lipinski definition) is 4. The Morgan fingerprint density at radius 1 is 1.06 bits per heavy atom. The Morgan fingerprint density at radius 2 is 1.88 bits per heavy atom. The highest BCUT2D eigenvalue weighted by molar-refractivity contribution is 9.10. The molecule has 6 heteroatoms. The molecule has 3 aromatic rings. The summed E-state index contributed by atoms with van der Waals surface area (Å²) in [5.41, 5.74) is 1.06. The Hall–Kier alpha value is -1.40. The van der Waals surface area contributed by atoms with Gasteiger partial charge in [0.15, 0.2) is 10.3 Å². The first kappa shape index (κ1) is 10.7. The van der Waals surface area contributed by atoms with Gasteiger partial charge in [0, 0.05) is 18.6 Å². The Balaban J connectivity index is 1.97. The molecule has 0 aliphatic rings. The maximum atomic E-state index is 4.35. The molecule has 3 rings (SSSR count). The van der Waals surface area contributed by atoms with Gasteiger partial charge < -0.3 is 0 Å². The maximum absolute atomic E-state index is 4.35. The predicted octanol–water partition coefficient (Wildman–Crippen LogP) is 3.04. The summed E-state index contributed by atoms with van der Waals surface area (Å²) in [6, 6.07) is 5.97. The molecule has 0 fully saturated rings. The lowest BCUT2D eigenvalue weighted by Gasteiger charge is -1.99. The van der Waals surface area contributed by atoms with Crippen LogP contribution < -0.4 is 0 Å². The fourth-order valence-electron chi connectivity index (χ4n) is 1.43. The normalized spacial score (nSPS) is 10.9. The molecule has 0 saturated carbocycles. The van der Waals surface area contributed by atoms with E-state index < -0.39 is 0 Å². The lowest BCUT2D eigenvalue weighted by Crippen LogP contribution is -1.89. The van der Waals surface area contributed by atoms with Crippen molar-refractivity contribution in [2.75, 3.05) is 0 Å². The summed E-state index contributed by atoms with van der Waals surface area (Å²) < 4.78 is 2.88. The Bertz CT molecular complexity index is 650. The van der Waals surface area contributed by atoms with Crippen LogP contribution in [0.3, 0.4) is 0 Å². The van der Waals surface area contributed by atoms with E-state index in [1.807, 2.05) is 35.0 Å². The van der Waals surface area contributed by atoms with Crippen molar-refractivity contribution in [3.05, 3.63) is 47.5 Å². The fraction of sp³-hybridized carbons (Fsp3) is 0. The van der Waals surface area contributed by atoms with E-state index in [0.717, 1.165) is 15.1 Å². The van der Waals surface area contributed by atoms with Gasteiger partial charge in [-0.3, -0.25) is 4.40 Å². The summed E-state index contributed by atoms with van der Waals surface area (Å²) in [5.74, 6) is 0. The van der Waals surface area contributed by atoms with Crippen molar-refractivity contribution in [3.63, 3.8) is 0 Å². The molecule has 17 heavy (non-hydrogen) atoms. The number of aromatic nitrogens is 4. The minimum atomic E-state index is 0.685. The first-order valence-corrected chi connectivity index (χ1v) is 6.51. The fourth-order valence-corrected chi connectivity index (χ4v) is 2.38. The van der Waals surface area contributed by atoms with E-state index in [0.29, 0.717) is 5.16 Å². The number of nitrogens with zero attached hydrogens (tertiary/aromatic N) is 4. The molecule has 0 N–H and O–H groups in total. The predicted molar refractivity (Wildman–Crippen MR) is 69.0 cm³/mol. The van der Waals surface area contributed by atoms with Gasteiger partial charge in [0.25, 0.3) is 0 Å². The van der Waals surface area contributed by atoms with E-state index in [9.17, 15) is 0 Å². The van der Waals surface area contributed by atoms with Gasteiger partial charge in [-0.15, -0.1) is 0 Å². The van der Waals surface area contributed by atoms with E-state index in [4.69, 9.17) is 0 Å². The van der Waals surface area contributed by atoms with Crippen LogP contribution in [0.5, 0.6) is 0 Å². The quantitative estimate of drug-likeness (QED) is 0.683. The zero-order valence-electron chi connectivity index (χ0n) is 8.62. The minimum absolute atomic E-state index is 0.685. The number of rotatable bonds is 2. The highest BCUT2D eigenvalue weighted by Gasteiger charge is 2.06. The highest BCUT2D eigenvalue weighted by atomic mass is 79.9. The van der Waals surface area contributed by atoms with Gasteiger partial charge >= 0.3 is 0 Å². The number of hydrogen-bond donors (Lipinski definition) is 0. The molecule has 4 nitrogen and oxygen atoms in total. The van der Waals surface area contributed by atoms with Crippen LogP contribution in [0.25, 0.3) is 5.52 Å². The average molecular weight is 307 g/mol. The van der Waals surface area contributed by atoms with Crippen LogP contribution in [0, 0.1) is 0 Å². The second-order valence-electron chi connectivity index (χ2n) is 3.32. The van der Waals surface area contributed by atoms with Gasteiger partial charge in [-0.25, -0.2) is 15.0 Å². The largest absolute Gasteiger partial charge is 0.294 e. The molecular weight excluding hydrogens is 300 g/mol. The summed E-state index contributed by atoms with van der Waals surface area (Å²) in [4.78, 5) is 12.8. The van der Waals surface area contributed by atoms with Crippen molar-refractivity contribution in [1.29, 1.82) is 0 Å². The lowest BCUT2D eigenvalue weighted by atomic mass is 10.4. The molecule has 0 unspecified atom stereocenters. The number of imidazole rings is 1. The summed E-state index contributed by atoms with van der Waals surface area (Å²) in [5, 5.41) is 1.55. The molecule has 0 aromatic carbocycles. The zero-order valence-corrected chi connectivity index (χ0v) is 11.0. The van der Waals surface area contributed by atoms with Crippen LogP contribution in [-0.2, 0) is 0 Å². The molecular formula is C11H7BrN4S. The van der Waals surface area contributed by atoms with Crippen molar-refractivity contribution in [1.82, 2.24) is 19.4 Å². The molecule has 0 amide bonds. The molecule has 3 aromatic heterocycles. The van der Waals surface area contributed by atoms with Crippen LogP contribution in [0.1, 0.15) is 0 Å². The summed E-state index contributed by atoms with van der Waals surface area (Å²) in [6.45, 7) is 0. The molecule has 0 bridgehead atoms. The van der Waals surface area contributed by atoms with Crippen molar-refractivity contribution < 1.29 is 0 Å². The molecule has 84 valence electrons. The van der Waals surface area contributed by atoms with Gasteiger partial charge in [-0.2, -0.15) is 0 Å². The minimum Gasteiger partial charge on any atom is -0.294 e.